The number of hydrogen-bond donors (Lipinski definition) is 1. The number of fused-ring (bicyclic) bond motifs is 1. The maximum absolute atomic E-state index is 12.7. The molecule has 1 aromatic carbocycles. The standard InChI is InChI=1S/C20H25N3O5S2/c1-14-11-19(23(22-14)17-7-9-29(25,26)13-17)21-20(24)8-10-30(27,28)18-6-5-15-3-2-4-16(15)12-18/h5-6,11-12,17H,2-4,7-10,13H2,1H3,(H,21,24). The summed E-state index contributed by atoms with van der Waals surface area (Å²) in [5.74, 6) is -0.244. The van der Waals surface area contributed by atoms with Crippen molar-refractivity contribution >= 4 is 31.4 Å². The first-order chi connectivity index (χ1) is 14.1. The molecule has 1 atom stereocenters. The van der Waals surface area contributed by atoms with Crippen molar-refractivity contribution in [3.05, 3.63) is 41.1 Å². The minimum atomic E-state index is -3.57. The first-order valence-corrected chi connectivity index (χ1v) is 13.5. The summed E-state index contributed by atoms with van der Waals surface area (Å²) in [5.41, 5.74) is 2.93. The molecule has 30 heavy (non-hydrogen) atoms. The van der Waals surface area contributed by atoms with Gasteiger partial charge in [-0.1, -0.05) is 6.07 Å². The van der Waals surface area contributed by atoms with Crippen LogP contribution in [0.3, 0.4) is 0 Å². The molecule has 1 fully saturated rings. The lowest BCUT2D eigenvalue weighted by Crippen LogP contribution is -2.21. The Kier molecular flexibility index (Phi) is 5.48. The number of sulfone groups is 2. The van der Waals surface area contributed by atoms with E-state index < -0.39 is 25.6 Å². The fourth-order valence-electron chi connectivity index (χ4n) is 4.15. The predicted molar refractivity (Wildman–Crippen MR) is 113 cm³/mol. The molecule has 0 radical (unpaired) electrons. The van der Waals surface area contributed by atoms with Gasteiger partial charge in [0.2, 0.25) is 5.91 Å². The van der Waals surface area contributed by atoms with E-state index in [1.54, 1.807) is 25.1 Å². The van der Waals surface area contributed by atoms with Gasteiger partial charge in [0.1, 0.15) is 5.82 Å². The zero-order chi connectivity index (χ0) is 21.5. The summed E-state index contributed by atoms with van der Waals surface area (Å²) in [6, 6.07) is 6.56. The summed E-state index contributed by atoms with van der Waals surface area (Å²) in [5, 5.41) is 7.02. The summed E-state index contributed by atoms with van der Waals surface area (Å²) >= 11 is 0. The van der Waals surface area contributed by atoms with Gasteiger partial charge in [-0.2, -0.15) is 5.10 Å². The van der Waals surface area contributed by atoms with Crippen LogP contribution in [-0.4, -0.2) is 49.8 Å². The van der Waals surface area contributed by atoms with Crippen LogP contribution < -0.4 is 5.32 Å². The largest absolute Gasteiger partial charge is 0.311 e. The summed E-state index contributed by atoms with van der Waals surface area (Å²) in [6.07, 6.45) is 3.16. The van der Waals surface area contributed by atoms with Crippen LogP contribution in [0.15, 0.2) is 29.2 Å². The maximum Gasteiger partial charge on any atom is 0.226 e. The van der Waals surface area contributed by atoms with Gasteiger partial charge in [-0.3, -0.25) is 4.79 Å². The predicted octanol–water partition coefficient (Wildman–Crippen LogP) is 1.84. The van der Waals surface area contributed by atoms with Crippen LogP contribution in [0, 0.1) is 6.92 Å². The minimum absolute atomic E-state index is 0.0102. The topological polar surface area (TPSA) is 115 Å². The molecule has 1 saturated heterocycles. The van der Waals surface area contributed by atoms with Gasteiger partial charge in [0.05, 0.1) is 33.9 Å². The van der Waals surface area contributed by atoms with Crippen molar-refractivity contribution in [3.63, 3.8) is 0 Å². The van der Waals surface area contributed by atoms with Gasteiger partial charge < -0.3 is 5.32 Å². The van der Waals surface area contributed by atoms with E-state index in [0.29, 0.717) is 17.9 Å². The van der Waals surface area contributed by atoms with Gasteiger partial charge in [-0.25, -0.2) is 21.5 Å². The number of hydrogen-bond acceptors (Lipinski definition) is 6. The van der Waals surface area contributed by atoms with Crippen LogP contribution in [-0.2, 0) is 37.3 Å². The smallest absolute Gasteiger partial charge is 0.226 e. The van der Waals surface area contributed by atoms with Crippen molar-refractivity contribution in [2.45, 2.75) is 50.0 Å². The SMILES string of the molecule is Cc1cc(NC(=O)CCS(=O)(=O)c2ccc3c(c2)CCC3)n(C2CCS(=O)(=O)C2)n1. The highest BCUT2D eigenvalue weighted by Crippen LogP contribution is 2.28. The Hall–Kier alpha value is -2.20. The molecule has 2 heterocycles. The number of rotatable bonds is 6. The van der Waals surface area contributed by atoms with Crippen molar-refractivity contribution in [3.8, 4) is 0 Å². The van der Waals surface area contributed by atoms with E-state index in [1.807, 2.05) is 6.07 Å². The number of aromatic nitrogens is 2. The van der Waals surface area contributed by atoms with Crippen LogP contribution in [0.2, 0.25) is 0 Å². The molecule has 1 N–H and O–H groups in total. The van der Waals surface area contributed by atoms with E-state index in [1.165, 1.54) is 10.2 Å². The zero-order valence-corrected chi connectivity index (χ0v) is 18.4. The Labute approximate surface area is 176 Å². The van der Waals surface area contributed by atoms with Gasteiger partial charge in [-0.05, 0) is 55.9 Å². The molecular formula is C20H25N3O5S2. The van der Waals surface area contributed by atoms with E-state index in [2.05, 4.69) is 10.4 Å². The number of anilines is 1. The maximum atomic E-state index is 12.7. The lowest BCUT2D eigenvalue weighted by atomic mass is 10.1. The average molecular weight is 452 g/mol. The fraction of sp³-hybridized carbons (Fsp3) is 0.500. The van der Waals surface area contributed by atoms with Crippen LogP contribution in [0.1, 0.15) is 42.1 Å². The van der Waals surface area contributed by atoms with E-state index in [-0.39, 0.29) is 34.6 Å². The highest BCUT2D eigenvalue weighted by molar-refractivity contribution is 7.91. The molecule has 4 rings (SSSR count). The lowest BCUT2D eigenvalue weighted by molar-refractivity contribution is -0.115. The quantitative estimate of drug-likeness (QED) is 0.717. The van der Waals surface area contributed by atoms with Gasteiger partial charge in [0.15, 0.2) is 19.7 Å². The molecule has 162 valence electrons. The van der Waals surface area contributed by atoms with Gasteiger partial charge >= 0.3 is 0 Å². The fourth-order valence-corrected chi connectivity index (χ4v) is 7.13. The van der Waals surface area contributed by atoms with Crippen molar-refractivity contribution in [1.29, 1.82) is 0 Å². The van der Waals surface area contributed by atoms with Gasteiger partial charge in [0.25, 0.3) is 0 Å². The Morgan fingerprint density at radius 1 is 1.23 bits per heavy atom. The molecule has 0 bridgehead atoms. The lowest BCUT2D eigenvalue weighted by Gasteiger charge is -2.14. The zero-order valence-electron chi connectivity index (χ0n) is 16.8. The molecule has 1 aromatic heterocycles. The van der Waals surface area contributed by atoms with E-state index in [4.69, 9.17) is 0 Å². The molecule has 0 saturated carbocycles. The monoisotopic (exact) mass is 451 g/mol. The van der Waals surface area contributed by atoms with Crippen molar-refractivity contribution in [2.75, 3.05) is 22.6 Å². The number of aryl methyl sites for hydroxylation is 3. The number of amides is 1. The number of nitrogens with one attached hydrogen (secondary N) is 1. The van der Waals surface area contributed by atoms with Crippen LogP contribution in [0.25, 0.3) is 0 Å². The summed E-state index contributed by atoms with van der Waals surface area (Å²) in [7, 11) is -6.66. The molecule has 0 spiro atoms. The normalized spacial score (nSPS) is 20.2. The summed E-state index contributed by atoms with van der Waals surface area (Å²) < 4.78 is 50.4. The molecule has 10 heteroatoms. The second-order valence-corrected chi connectivity index (χ2v) is 12.4. The highest BCUT2D eigenvalue weighted by atomic mass is 32.2. The highest BCUT2D eigenvalue weighted by Gasteiger charge is 2.31. The van der Waals surface area contributed by atoms with Crippen LogP contribution in [0.4, 0.5) is 5.82 Å². The molecule has 1 amide bonds. The van der Waals surface area contributed by atoms with Gasteiger partial charge in [0, 0.05) is 12.5 Å². The molecule has 1 aliphatic heterocycles. The minimum Gasteiger partial charge on any atom is -0.311 e. The molecule has 8 nitrogen and oxygen atoms in total. The first-order valence-electron chi connectivity index (χ1n) is 10.0. The second kappa shape index (κ2) is 7.81. The third-order valence-corrected chi connectivity index (χ3v) is 9.17. The Morgan fingerprint density at radius 3 is 2.73 bits per heavy atom. The molecule has 1 aliphatic carbocycles. The number of nitrogens with zero attached hydrogens (tertiary/aromatic N) is 2. The van der Waals surface area contributed by atoms with Crippen molar-refractivity contribution in [1.82, 2.24) is 9.78 Å². The Bertz CT molecular complexity index is 1200. The number of benzene rings is 1. The molecule has 1 unspecified atom stereocenters. The van der Waals surface area contributed by atoms with Crippen LogP contribution >= 0.6 is 0 Å². The third-order valence-electron chi connectivity index (χ3n) is 5.71. The summed E-state index contributed by atoms with van der Waals surface area (Å²) in [6.45, 7) is 1.76. The number of carbonyl (C=O) groups excluding carboxylic acids is 1. The van der Waals surface area contributed by atoms with Gasteiger partial charge in [-0.15, -0.1) is 0 Å². The Morgan fingerprint density at radius 2 is 2.00 bits per heavy atom. The third kappa shape index (κ3) is 4.44. The molecule has 2 aromatic rings. The van der Waals surface area contributed by atoms with Crippen molar-refractivity contribution in [2.24, 2.45) is 0 Å². The van der Waals surface area contributed by atoms with E-state index in [0.717, 1.165) is 24.8 Å². The van der Waals surface area contributed by atoms with Crippen molar-refractivity contribution < 1.29 is 21.6 Å². The second-order valence-electron chi connectivity index (χ2n) is 8.07. The first kappa shape index (κ1) is 21.0. The van der Waals surface area contributed by atoms with Crippen LogP contribution in [0.5, 0.6) is 0 Å². The number of carbonyl (C=O) groups is 1. The molecular weight excluding hydrogens is 426 g/mol. The van der Waals surface area contributed by atoms with E-state index >= 15 is 0 Å². The Balaban J connectivity index is 1.42. The van der Waals surface area contributed by atoms with E-state index in [9.17, 15) is 21.6 Å². The average Bonchev–Trinajstić information content (AvgIpc) is 3.37. The summed E-state index contributed by atoms with van der Waals surface area (Å²) in [4.78, 5) is 12.7. The molecule has 2 aliphatic rings.